The summed E-state index contributed by atoms with van der Waals surface area (Å²) in [5, 5.41) is 11.6. The smallest absolute Gasteiger partial charge is 0.335 e. The summed E-state index contributed by atoms with van der Waals surface area (Å²) in [6.07, 6.45) is 0. The summed E-state index contributed by atoms with van der Waals surface area (Å²) in [5.41, 5.74) is 2.16. The second-order valence-electron chi connectivity index (χ2n) is 4.51. The number of pyridine rings is 1. The van der Waals surface area contributed by atoms with E-state index in [0.717, 1.165) is 11.3 Å². The summed E-state index contributed by atoms with van der Waals surface area (Å²) < 4.78 is 0. The molecule has 20 heavy (non-hydrogen) atoms. The van der Waals surface area contributed by atoms with Crippen molar-refractivity contribution in [1.29, 1.82) is 0 Å². The Kier molecular flexibility index (Phi) is 3.79. The third-order valence-electron chi connectivity index (χ3n) is 2.71. The van der Waals surface area contributed by atoms with Gasteiger partial charge in [-0.2, -0.15) is 0 Å². The first-order valence-electron chi connectivity index (χ1n) is 6.06. The lowest BCUT2D eigenvalue weighted by molar-refractivity contribution is 0.0697. The lowest BCUT2D eigenvalue weighted by Crippen LogP contribution is -2.14. The van der Waals surface area contributed by atoms with Crippen molar-refractivity contribution >= 4 is 17.7 Å². The fraction of sp³-hybridized carbons (Fsp3) is 0.133. The van der Waals surface area contributed by atoms with Gasteiger partial charge in [0.25, 0.3) is 5.91 Å². The highest BCUT2D eigenvalue weighted by Gasteiger charge is 2.10. The minimum absolute atomic E-state index is 0.0750. The lowest BCUT2D eigenvalue weighted by atomic mass is 10.1. The van der Waals surface area contributed by atoms with Gasteiger partial charge in [-0.3, -0.25) is 4.79 Å². The predicted octanol–water partition coefficient (Wildman–Crippen LogP) is 2.65. The van der Waals surface area contributed by atoms with Crippen molar-refractivity contribution in [1.82, 2.24) is 4.98 Å². The molecule has 0 aliphatic carbocycles. The average molecular weight is 270 g/mol. The van der Waals surface area contributed by atoms with Crippen molar-refractivity contribution in [3.63, 3.8) is 0 Å². The number of anilines is 1. The number of nitrogens with zero attached hydrogens (tertiary/aromatic N) is 1. The second-order valence-corrected chi connectivity index (χ2v) is 4.51. The van der Waals surface area contributed by atoms with Gasteiger partial charge in [-0.05, 0) is 49.7 Å². The maximum absolute atomic E-state index is 12.1. The SMILES string of the molecule is Cc1cc(C)nc(NC(=O)c2cccc(C(=O)O)c2)c1. The number of amides is 1. The Hall–Kier alpha value is -2.69. The minimum Gasteiger partial charge on any atom is -0.478 e. The molecule has 0 saturated carbocycles. The van der Waals surface area contributed by atoms with Crippen LogP contribution < -0.4 is 5.32 Å². The molecule has 1 aromatic heterocycles. The number of aromatic nitrogens is 1. The molecule has 0 spiro atoms. The van der Waals surface area contributed by atoms with Crippen molar-refractivity contribution in [3.8, 4) is 0 Å². The molecule has 0 bridgehead atoms. The van der Waals surface area contributed by atoms with E-state index in [4.69, 9.17) is 5.11 Å². The Balaban J connectivity index is 2.23. The summed E-state index contributed by atoms with van der Waals surface area (Å²) >= 11 is 0. The predicted molar refractivity (Wildman–Crippen MR) is 75.1 cm³/mol. The molecule has 1 heterocycles. The third-order valence-corrected chi connectivity index (χ3v) is 2.71. The molecule has 5 nitrogen and oxygen atoms in total. The van der Waals surface area contributed by atoms with E-state index in [2.05, 4.69) is 10.3 Å². The van der Waals surface area contributed by atoms with Crippen LogP contribution in [0.2, 0.25) is 0 Å². The van der Waals surface area contributed by atoms with Crippen molar-refractivity contribution in [2.45, 2.75) is 13.8 Å². The number of rotatable bonds is 3. The number of carbonyl (C=O) groups is 2. The largest absolute Gasteiger partial charge is 0.478 e. The molecule has 5 heteroatoms. The molecule has 0 aliphatic heterocycles. The van der Waals surface area contributed by atoms with E-state index < -0.39 is 5.97 Å². The van der Waals surface area contributed by atoms with E-state index in [1.54, 1.807) is 12.1 Å². The number of carboxylic acid groups (broad SMARTS) is 1. The van der Waals surface area contributed by atoms with Crippen molar-refractivity contribution in [3.05, 3.63) is 58.8 Å². The number of hydrogen-bond acceptors (Lipinski definition) is 3. The highest BCUT2D eigenvalue weighted by atomic mass is 16.4. The highest BCUT2D eigenvalue weighted by Crippen LogP contribution is 2.12. The lowest BCUT2D eigenvalue weighted by Gasteiger charge is -2.07. The van der Waals surface area contributed by atoms with Crippen LogP contribution in [0.25, 0.3) is 0 Å². The average Bonchev–Trinajstić information content (AvgIpc) is 2.37. The van der Waals surface area contributed by atoms with Crippen molar-refractivity contribution in [2.24, 2.45) is 0 Å². The van der Waals surface area contributed by atoms with E-state index in [-0.39, 0.29) is 17.0 Å². The van der Waals surface area contributed by atoms with Gasteiger partial charge in [0.2, 0.25) is 0 Å². The van der Waals surface area contributed by atoms with Crippen LogP contribution in [0.4, 0.5) is 5.82 Å². The van der Waals surface area contributed by atoms with Crippen LogP contribution in [0.15, 0.2) is 36.4 Å². The molecular weight excluding hydrogens is 256 g/mol. The number of nitrogens with one attached hydrogen (secondary N) is 1. The number of carboxylic acids is 1. The summed E-state index contributed by atoms with van der Waals surface area (Å²) in [4.78, 5) is 27.2. The maximum atomic E-state index is 12.1. The first-order valence-corrected chi connectivity index (χ1v) is 6.06. The first-order chi connectivity index (χ1) is 9.45. The van der Waals surface area contributed by atoms with Crippen LogP contribution in [0, 0.1) is 13.8 Å². The zero-order chi connectivity index (χ0) is 14.7. The van der Waals surface area contributed by atoms with E-state index in [1.165, 1.54) is 18.2 Å². The number of benzene rings is 1. The van der Waals surface area contributed by atoms with Crippen LogP contribution in [0.1, 0.15) is 32.0 Å². The zero-order valence-corrected chi connectivity index (χ0v) is 11.2. The Morgan fingerprint density at radius 1 is 1.10 bits per heavy atom. The van der Waals surface area contributed by atoms with E-state index in [1.807, 2.05) is 19.9 Å². The number of hydrogen-bond donors (Lipinski definition) is 2. The first kappa shape index (κ1) is 13.7. The van der Waals surface area contributed by atoms with Gasteiger partial charge in [0.15, 0.2) is 0 Å². The maximum Gasteiger partial charge on any atom is 0.335 e. The van der Waals surface area contributed by atoms with Gasteiger partial charge >= 0.3 is 5.97 Å². The summed E-state index contributed by atoms with van der Waals surface area (Å²) in [6, 6.07) is 9.53. The van der Waals surface area contributed by atoms with Crippen LogP contribution in [-0.2, 0) is 0 Å². The van der Waals surface area contributed by atoms with Crippen LogP contribution >= 0.6 is 0 Å². The van der Waals surface area contributed by atoms with Gasteiger partial charge in [-0.1, -0.05) is 6.07 Å². The Labute approximate surface area is 116 Å². The molecule has 2 rings (SSSR count). The van der Waals surface area contributed by atoms with Crippen LogP contribution in [-0.4, -0.2) is 22.0 Å². The van der Waals surface area contributed by atoms with E-state index >= 15 is 0 Å². The summed E-state index contributed by atoms with van der Waals surface area (Å²) in [6.45, 7) is 3.75. The topological polar surface area (TPSA) is 79.3 Å². The summed E-state index contributed by atoms with van der Waals surface area (Å²) in [7, 11) is 0. The van der Waals surface area contributed by atoms with Crippen LogP contribution in [0.5, 0.6) is 0 Å². The van der Waals surface area contributed by atoms with Gasteiger partial charge in [0.1, 0.15) is 5.82 Å². The molecule has 1 aromatic carbocycles. The van der Waals surface area contributed by atoms with Gasteiger partial charge in [0.05, 0.1) is 5.56 Å². The zero-order valence-electron chi connectivity index (χ0n) is 11.2. The van der Waals surface area contributed by atoms with Gasteiger partial charge in [-0.15, -0.1) is 0 Å². The standard InChI is InChI=1S/C15H14N2O3/c1-9-6-10(2)16-13(7-9)17-14(18)11-4-3-5-12(8-11)15(19)20/h3-8H,1-2H3,(H,19,20)(H,16,17,18). The fourth-order valence-electron chi connectivity index (χ4n) is 1.89. The molecule has 0 aliphatic rings. The van der Waals surface area contributed by atoms with E-state index in [0.29, 0.717) is 5.82 Å². The normalized spacial score (nSPS) is 10.1. The van der Waals surface area contributed by atoms with Crippen molar-refractivity contribution < 1.29 is 14.7 Å². The minimum atomic E-state index is -1.07. The molecule has 2 aromatic rings. The summed E-state index contributed by atoms with van der Waals surface area (Å²) in [5.74, 6) is -0.997. The Morgan fingerprint density at radius 3 is 2.45 bits per heavy atom. The number of aryl methyl sites for hydroxylation is 2. The van der Waals surface area contributed by atoms with E-state index in [9.17, 15) is 9.59 Å². The fourth-order valence-corrected chi connectivity index (χ4v) is 1.89. The molecule has 0 atom stereocenters. The Bertz CT molecular complexity index is 660. The molecule has 0 unspecified atom stereocenters. The molecule has 2 N–H and O–H groups in total. The third kappa shape index (κ3) is 3.20. The monoisotopic (exact) mass is 270 g/mol. The second kappa shape index (κ2) is 5.52. The molecule has 0 fully saturated rings. The molecule has 102 valence electrons. The molecule has 0 saturated heterocycles. The van der Waals surface area contributed by atoms with Crippen LogP contribution in [0.3, 0.4) is 0 Å². The number of aromatic carboxylic acids is 1. The molecule has 0 radical (unpaired) electrons. The number of carbonyl (C=O) groups excluding carboxylic acids is 1. The molecule has 1 amide bonds. The molecular formula is C15H14N2O3. The van der Waals surface area contributed by atoms with Gasteiger partial charge < -0.3 is 10.4 Å². The van der Waals surface area contributed by atoms with Crippen molar-refractivity contribution in [2.75, 3.05) is 5.32 Å². The van der Waals surface area contributed by atoms with Gasteiger partial charge in [0, 0.05) is 11.3 Å². The van der Waals surface area contributed by atoms with Gasteiger partial charge in [-0.25, -0.2) is 9.78 Å². The highest BCUT2D eigenvalue weighted by molar-refractivity contribution is 6.05. The quantitative estimate of drug-likeness (QED) is 0.898. The Morgan fingerprint density at radius 2 is 1.80 bits per heavy atom.